The quantitative estimate of drug-likeness (QED) is 0.0261. The van der Waals surface area contributed by atoms with Crippen LogP contribution in [0.1, 0.15) is 169 Å². The fraction of sp³-hybridized carbons (Fsp3) is 0.586. The number of carbonyl (C=O) groups is 1. The van der Waals surface area contributed by atoms with E-state index in [0.717, 1.165) is 78.7 Å². The van der Waals surface area contributed by atoms with Crippen LogP contribution in [0.2, 0.25) is 0 Å². The molecule has 1 aliphatic heterocycles. The summed E-state index contributed by atoms with van der Waals surface area (Å²) in [4.78, 5) is 18.3. The minimum atomic E-state index is -1.03. The summed E-state index contributed by atoms with van der Waals surface area (Å²) >= 11 is 1.94. The summed E-state index contributed by atoms with van der Waals surface area (Å²) in [6.45, 7) is 7.37. The van der Waals surface area contributed by atoms with E-state index < -0.39 is 5.79 Å². The van der Waals surface area contributed by atoms with Gasteiger partial charge in [0.05, 0.1) is 36.2 Å². The first-order valence-corrected chi connectivity index (χ1v) is 27.2. The number of methoxy groups -OCH3 is 1. The van der Waals surface area contributed by atoms with Crippen molar-refractivity contribution in [1.82, 2.24) is 0 Å². The Labute approximate surface area is 412 Å². The number of hydrogen-bond donors (Lipinski definition) is 2. The second kappa shape index (κ2) is 29.2. The zero-order valence-electron chi connectivity index (χ0n) is 41.3. The fourth-order valence-corrected chi connectivity index (χ4v) is 12.3. The van der Waals surface area contributed by atoms with Crippen LogP contribution in [0.5, 0.6) is 23.0 Å². The van der Waals surface area contributed by atoms with Crippen LogP contribution in [0, 0.1) is 17.8 Å². The number of thioether (sulfide) groups is 1. The number of fused-ring (bicyclic) bond motifs is 2. The Bertz CT molecular complexity index is 2020. The molecule has 68 heavy (non-hydrogen) atoms. The fourth-order valence-electron chi connectivity index (χ4n) is 10.8. The monoisotopic (exact) mass is 952 g/mol. The van der Waals surface area contributed by atoms with Crippen LogP contribution in [-0.4, -0.2) is 65.9 Å². The third-order valence-electron chi connectivity index (χ3n) is 14.3. The van der Waals surface area contributed by atoms with Gasteiger partial charge >= 0.3 is 0 Å². The molecule has 2 N–H and O–H groups in total. The van der Waals surface area contributed by atoms with Gasteiger partial charge in [-0.25, -0.2) is 0 Å². The van der Waals surface area contributed by atoms with Crippen LogP contribution < -0.4 is 14.2 Å². The Kier molecular flexibility index (Phi) is 22.9. The van der Waals surface area contributed by atoms with Crippen molar-refractivity contribution in [3.05, 3.63) is 108 Å². The van der Waals surface area contributed by atoms with Crippen molar-refractivity contribution < 1.29 is 38.8 Å². The average molecular weight is 952 g/mol. The Morgan fingerprint density at radius 1 is 0.809 bits per heavy atom. The van der Waals surface area contributed by atoms with Crippen molar-refractivity contribution in [1.29, 1.82) is 0 Å². The highest BCUT2D eigenvalue weighted by atomic mass is 32.2. The highest BCUT2D eigenvalue weighted by Gasteiger charge is 2.64. The number of allylic oxidation sites excluding steroid dienone is 1. The number of aliphatic hydroxyl groups excluding tert-OH is 2. The number of rotatable bonds is 34. The molecule has 3 aromatic carbocycles. The van der Waals surface area contributed by atoms with Crippen LogP contribution in [-0.2, 0) is 16.2 Å². The number of aliphatic hydroxyl groups is 2. The molecule has 1 heterocycles. The number of ether oxygens (including phenoxy) is 4. The minimum absolute atomic E-state index is 0.0601. The summed E-state index contributed by atoms with van der Waals surface area (Å²) < 4.78 is 26.5. The maximum atomic E-state index is 12.0. The van der Waals surface area contributed by atoms with Gasteiger partial charge in [0.2, 0.25) is 5.79 Å². The van der Waals surface area contributed by atoms with Crippen LogP contribution in [0.4, 0.5) is 0 Å². The summed E-state index contributed by atoms with van der Waals surface area (Å²) in [5, 5.41) is 24.9. The molecule has 0 spiro atoms. The smallest absolute Gasteiger partial charge is 0.230 e. The number of unbranched alkanes of at least 4 members (excludes halogenated alkanes) is 15. The van der Waals surface area contributed by atoms with E-state index in [4.69, 9.17) is 28.9 Å². The number of carbonyl (C=O) groups excluding carboxylic acids is 1. The van der Waals surface area contributed by atoms with Gasteiger partial charge < -0.3 is 34.0 Å². The van der Waals surface area contributed by atoms with Gasteiger partial charge in [0.25, 0.3) is 0 Å². The number of oxime groups is 1. The standard InChI is InChI=1S/C58H81NO8S/c1-4-6-7-8-9-10-11-12-13-14-15-16-17-25-37-68-55-41-52(59-65-43-44-26-19-18-20-27-44)50-39-45(28-21-23-34-60)49(29-22-24-35-61)56-51-40-48(66-47-30-32-53(63-3)46(38-47)42-62)31-33-54(51)67-58(55,57(50)56)64-36-5-2/h5,18-20,26-27,30-33,38-40,42,45,49,55-57,60-61H,2,4,6-17,21-25,28-29,34-37,41,43H2,1,3H3/t45-,49+,55-,56+,57+,58+/m0/s1. The van der Waals surface area contributed by atoms with Gasteiger partial charge in [-0.05, 0) is 97.2 Å². The molecule has 0 bridgehead atoms. The molecule has 6 rings (SSSR count). The Morgan fingerprint density at radius 3 is 2.13 bits per heavy atom. The maximum Gasteiger partial charge on any atom is 0.230 e. The SMILES string of the molecule is C=CCO[C@@]12Oc3ccc(Oc4ccc(OC)c(C=O)c4)cc3[C@H]3[C@H](CCCCO)[C@@H](CCCCO)C=C(C(=NOCc4ccccc4)C[C@@H]1SCCCCCCCCCCCCCCCC)[C@H]32. The second-order valence-electron chi connectivity index (χ2n) is 19.1. The Balaban J connectivity index is 1.31. The number of aldehydes is 1. The maximum absolute atomic E-state index is 12.0. The van der Waals surface area contributed by atoms with Gasteiger partial charge in [-0.15, -0.1) is 6.58 Å². The van der Waals surface area contributed by atoms with Crippen molar-refractivity contribution in [2.24, 2.45) is 22.9 Å². The van der Waals surface area contributed by atoms with E-state index in [2.05, 4.69) is 37.8 Å². The lowest BCUT2D eigenvalue weighted by molar-refractivity contribution is -0.223. The van der Waals surface area contributed by atoms with Crippen molar-refractivity contribution >= 4 is 23.8 Å². The molecule has 0 radical (unpaired) electrons. The molecule has 0 unspecified atom stereocenters. The first-order chi connectivity index (χ1) is 33.5. The van der Waals surface area contributed by atoms with E-state index >= 15 is 0 Å². The molecule has 3 aliphatic rings. The number of hydrogen-bond acceptors (Lipinski definition) is 10. The van der Waals surface area contributed by atoms with E-state index in [1.807, 2.05) is 54.2 Å². The molecule has 3 aromatic rings. The summed E-state index contributed by atoms with van der Waals surface area (Å²) in [5.74, 6) is 2.42. The molecule has 2 aliphatic carbocycles. The normalized spacial score (nSPS) is 22.1. The zero-order valence-corrected chi connectivity index (χ0v) is 42.1. The molecule has 0 saturated heterocycles. The van der Waals surface area contributed by atoms with Gasteiger partial charge in [0.15, 0.2) is 6.29 Å². The van der Waals surface area contributed by atoms with Gasteiger partial charge in [0, 0.05) is 31.1 Å². The Hall–Kier alpha value is -4.09. The lowest BCUT2D eigenvalue weighted by Gasteiger charge is -2.58. The topological polar surface area (TPSA) is 116 Å². The molecule has 10 heteroatoms. The van der Waals surface area contributed by atoms with E-state index in [0.29, 0.717) is 48.9 Å². The molecular weight excluding hydrogens is 871 g/mol. The first-order valence-electron chi connectivity index (χ1n) is 26.2. The van der Waals surface area contributed by atoms with Crippen molar-refractivity contribution in [3.63, 3.8) is 0 Å². The molecule has 6 atom stereocenters. The van der Waals surface area contributed by atoms with Crippen LogP contribution in [0.15, 0.2) is 96.2 Å². The molecule has 0 aromatic heterocycles. The summed E-state index contributed by atoms with van der Waals surface area (Å²) in [7, 11) is 1.55. The van der Waals surface area contributed by atoms with Gasteiger partial charge in [-0.1, -0.05) is 151 Å². The van der Waals surface area contributed by atoms with Crippen LogP contribution in [0.25, 0.3) is 0 Å². The van der Waals surface area contributed by atoms with Crippen LogP contribution >= 0.6 is 11.8 Å². The largest absolute Gasteiger partial charge is 0.496 e. The van der Waals surface area contributed by atoms with Gasteiger partial charge in [-0.3, -0.25) is 4.79 Å². The summed E-state index contributed by atoms with van der Waals surface area (Å²) in [6, 6.07) is 21.5. The van der Waals surface area contributed by atoms with E-state index in [1.165, 1.54) is 83.5 Å². The molecule has 0 amide bonds. The van der Waals surface area contributed by atoms with E-state index in [-0.39, 0.29) is 42.1 Å². The first kappa shape index (κ1) is 53.3. The van der Waals surface area contributed by atoms with E-state index in [1.54, 1.807) is 19.2 Å². The minimum Gasteiger partial charge on any atom is -0.496 e. The zero-order chi connectivity index (χ0) is 47.8. The van der Waals surface area contributed by atoms with E-state index in [9.17, 15) is 15.0 Å². The molecule has 9 nitrogen and oxygen atoms in total. The van der Waals surface area contributed by atoms with Crippen molar-refractivity contribution in [2.45, 2.75) is 165 Å². The van der Waals surface area contributed by atoms with Gasteiger partial charge in [0.1, 0.15) is 29.6 Å². The third-order valence-corrected chi connectivity index (χ3v) is 15.7. The second-order valence-corrected chi connectivity index (χ2v) is 20.4. The van der Waals surface area contributed by atoms with Crippen molar-refractivity contribution in [2.75, 3.05) is 32.7 Å². The molecule has 1 fully saturated rings. The highest BCUT2D eigenvalue weighted by molar-refractivity contribution is 8.00. The Morgan fingerprint density at radius 2 is 1.47 bits per heavy atom. The molecule has 1 saturated carbocycles. The lowest BCUT2D eigenvalue weighted by Crippen LogP contribution is -2.64. The third kappa shape index (κ3) is 14.7. The molecular formula is C58H81NO8S. The van der Waals surface area contributed by atoms with Crippen LogP contribution in [0.3, 0.4) is 0 Å². The number of benzene rings is 3. The predicted octanol–water partition coefficient (Wildman–Crippen LogP) is 14.3. The highest BCUT2D eigenvalue weighted by Crippen LogP contribution is 2.63. The van der Waals surface area contributed by atoms with Crippen molar-refractivity contribution in [3.8, 4) is 23.0 Å². The lowest BCUT2D eigenvalue weighted by atomic mass is 9.56. The summed E-state index contributed by atoms with van der Waals surface area (Å²) in [5.41, 5.74) is 4.56. The average Bonchev–Trinajstić information content (AvgIpc) is 3.36. The predicted molar refractivity (Wildman–Crippen MR) is 277 cm³/mol. The number of nitrogens with zero attached hydrogens (tertiary/aromatic N) is 1. The van der Waals surface area contributed by atoms with Gasteiger partial charge in [-0.2, -0.15) is 11.8 Å². The summed E-state index contributed by atoms with van der Waals surface area (Å²) in [6.07, 6.45) is 29.2. The molecule has 372 valence electrons.